The number of thioether (sulfide) groups is 1. The number of nitrogens with zero attached hydrogens (tertiary/aromatic N) is 3. The van der Waals surface area contributed by atoms with E-state index in [9.17, 15) is 4.79 Å². The van der Waals surface area contributed by atoms with Gasteiger partial charge in [-0.3, -0.25) is 4.79 Å². The Kier molecular flexibility index (Phi) is 7.33. The topological polar surface area (TPSA) is 69.0 Å². The molecule has 0 saturated carbocycles. The quantitative estimate of drug-likeness (QED) is 0.540. The first-order valence-corrected chi connectivity index (χ1v) is 10.2. The second-order valence-corrected chi connectivity index (χ2v) is 7.40. The Morgan fingerprint density at radius 2 is 1.89 bits per heavy atom. The number of ether oxygens (including phenoxy) is 1. The van der Waals surface area contributed by atoms with Gasteiger partial charge in [0.15, 0.2) is 11.0 Å². The molecule has 0 bridgehead atoms. The number of para-hydroxylation sites is 1. The molecule has 8 heteroatoms. The number of hydrogen-bond donors (Lipinski definition) is 1. The van der Waals surface area contributed by atoms with Crippen molar-refractivity contribution >= 4 is 29.3 Å². The molecule has 0 atom stereocenters. The molecule has 0 aliphatic carbocycles. The Balaban J connectivity index is 1.43. The number of hydrogen-bond acceptors (Lipinski definition) is 5. The fourth-order valence-electron chi connectivity index (χ4n) is 2.47. The van der Waals surface area contributed by atoms with Gasteiger partial charge >= 0.3 is 0 Å². The van der Waals surface area contributed by atoms with Gasteiger partial charge in [-0.2, -0.15) is 0 Å². The molecular weight excluding hydrogens is 396 g/mol. The van der Waals surface area contributed by atoms with E-state index >= 15 is 0 Å². The van der Waals surface area contributed by atoms with E-state index in [-0.39, 0.29) is 18.3 Å². The van der Waals surface area contributed by atoms with Crippen molar-refractivity contribution in [3.05, 3.63) is 71.0 Å². The van der Waals surface area contributed by atoms with Crippen LogP contribution in [0.5, 0.6) is 5.75 Å². The summed E-state index contributed by atoms with van der Waals surface area (Å²) in [7, 11) is 1.85. The van der Waals surface area contributed by atoms with Gasteiger partial charge in [0.05, 0.1) is 10.8 Å². The van der Waals surface area contributed by atoms with Gasteiger partial charge in [-0.1, -0.05) is 65.8 Å². The summed E-state index contributed by atoms with van der Waals surface area (Å²) in [5.41, 5.74) is 1.20. The summed E-state index contributed by atoms with van der Waals surface area (Å²) in [6.07, 6.45) is 0.810. The smallest absolute Gasteiger partial charge is 0.230 e. The van der Waals surface area contributed by atoms with Crippen molar-refractivity contribution in [3.8, 4) is 5.75 Å². The van der Waals surface area contributed by atoms with Crippen LogP contribution < -0.4 is 10.1 Å². The molecule has 0 aliphatic heterocycles. The van der Waals surface area contributed by atoms with Crippen molar-refractivity contribution in [1.29, 1.82) is 0 Å². The molecule has 0 fully saturated rings. The molecule has 3 rings (SSSR count). The molecule has 0 unspecified atom stereocenters. The summed E-state index contributed by atoms with van der Waals surface area (Å²) in [5, 5.41) is 12.4. The molecule has 0 spiro atoms. The van der Waals surface area contributed by atoms with Crippen molar-refractivity contribution in [3.63, 3.8) is 0 Å². The van der Waals surface area contributed by atoms with Gasteiger partial charge in [0, 0.05) is 13.6 Å². The van der Waals surface area contributed by atoms with Crippen molar-refractivity contribution in [1.82, 2.24) is 20.1 Å². The lowest BCUT2D eigenvalue weighted by atomic mass is 10.1. The fourth-order valence-corrected chi connectivity index (χ4v) is 3.42. The fraction of sp³-hybridized carbons (Fsp3) is 0.250. The number of amides is 1. The Bertz CT molecular complexity index is 918. The highest BCUT2D eigenvalue weighted by atomic mass is 35.5. The van der Waals surface area contributed by atoms with Crippen LogP contribution in [0.15, 0.2) is 59.8 Å². The van der Waals surface area contributed by atoms with Gasteiger partial charge in [0.1, 0.15) is 12.4 Å². The Labute approximate surface area is 173 Å². The maximum Gasteiger partial charge on any atom is 0.230 e. The molecule has 2 aromatic carbocycles. The number of rotatable bonds is 9. The minimum atomic E-state index is -0.0298. The minimum absolute atomic E-state index is 0.0298. The summed E-state index contributed by atoms with van der Waals surface area (Å²) in [6.45, 7) is 0.857. The third-order valence-corrected chi connectivity index (χ3v) is 5.36. The molecule has 6 nitrogen and oxygen atoms in total. The molecule has 28 heavy (non-hydrogen) atoms. The predicted octanol–water partition coefficient (Wildman–Crippen LogP) is 3.50. The van der Waals surface area contributed by atoms with Gasteiger partial charge < -0.3 is 14.6 Å². The Morgan fingerprint density at radius 3 is 2.68 bits per heavy atom. The van der Waals surface area contributed by atoms with E-state index in [0.717, 1.165) is 6.42 Å². The number of carbonyl (C=O) groups is 1. The van der Waals surface area contributed by atoms with Crippen molar-refractivity contribution in [2.24, 2.45) is 7.05 Å². The lowest BCUT2D eigenvalue weighted by Gasteiger charge is -2.08. The molecule has 1 amide bonds. The van der Waals surface area contributed by atoms with Gasteiger partial charge in [0.25, 0.3) is 0 Å². The number of carbonyl (C=O) groups excluding carboxylic acids is 1. The molecule has 1 aromatic heterocycles. The number of benzene rings is 2. The van der Waals surface area contributed by atoms with E-state index in [1.165, 1.54) is 17.3 Å². The molecule has 0 radical (unpaired) electrons. The molecule has 146 valence electrons. The van der Waals surface area contributed by atoms with Gasteiger partial charge in [0.2, 0.25) is 5.91 Å². The number of aromatic nitrogens is 3. The zero-order chi connectivity index (χ0) is 19.8. The largest absolute Gasteiger partial charge is 0.484 e. The van der Waals surface area contributed by atoms with E-state index in [2.05, 4.69) is 15.5 Å². The Hall–Kier alpha value is -2.51. The second-order valence-electron chi connectivity index (χ2n) is 6.05. The van der Waals surface area contributed by atoms with Crippen LogP contribution in [-0.2, 0) is 24.9 Å². The van der Waals surface area contributed by atoms with Crippen LogP contribution in [0.4, 0.5) is 0 Å². The van der Waals surface area contributed by atoms with E-state index in [0.29, 0.717) is 28.3 Å². The third-order valence-electron chi connectivity index (χ3n) is 4.03. The number of halogens is 1. The predicted molar refractivity (Wildman–Crippen MR) is 111 cm³/mol. The van der Waals surface area contributed by atoms with Crippen LogP contribution >= 0.6 is 23.4 Å². The average Bonchev–Trinajstić information content (AvgIpc) is 3.06. The molecule has 3 aromatic rings. The highest BCUT2D eigenvalue weighted by Gasteiger charge is 2.12. The van der Waals surface area contributed by atoms with E-state index < -0.39 is 0 Å². The van der Waals surface area contributed by atoms with Crippen LogP contribution in [0.1, 0.15) is 11.4 Å². The molecule has 0 aliphatic rings. The third kappa shape index (κ3) is 5.74. The average molecular weight is 417 g/mol. The first-order valence-electron chi connectivity index (χ1n) is 8.82. The first-order chi connectivity index (χ1) is 13.6. The monoisotopic (exact) mass is 416 g/mol. The van der Waals surface area contributed by atoms with Crippen LogP contribution in [0, 0.1) is 0 Å². The highest BCUT2D eigenvalue weighted by molar-refractivity contribution is 7.99. The number of nitrogens with one attached hydrogen (secondary N) is 1. The van der Waals surface area contributed by atoms with Crippen molar-refractivity contribution in [2.45, 2.75) is 18.2 Å². The minimum Gasteiger partial charge on any atom is -0.484 e. The molecular formula is C20H21ClN4O2S. The summed E-state index contributed by atoms with van der Waals surface area (Å²) in [5.74, 6) is 1.51. The molecule has 1 heterocycles. The van der Waals surface area contributed by atoms with E-state index in [4.69, 9.17) is 16.3 Å². The highest BCUT2D eigenvalue weighted by Crippen LogP contribution is 2.24. The summed E-state index contributed by atoms with van der Waals surface area (Å²) < 4.78 is 7.51. The first kappa shape index (κ1) is 20.2. The van der Waals surface area contributed by atoms with Crippen LogP contribution in [0.2, 0.25) is 5.02 Å². The van der Waals surface area contributed by atoms with Crippen LogP contribution in [0.25, 0.3) is 0 Å². The van der Waals surface area contributed by atoms with Gasteiger partial charge in [-0.25, -0.2) is 0 Å². The molecule has 1 N–H and O–H groups in total. The van der Waals surface area contributed by atoms with Crippen LogP contribution in [0.3, 0.4) is 0 Å². The lowest BCUT2D eigenvalue weighted by molar-refractivity contribution is -0.118. The maximum absolute atomic E-state index is 12.0. The Morgan fingerprint density at radius 1 is 1.14 bits per heavy atom. The SMILES string of the molecule is Cn1c(COc2ccccc2Cl)nnc1SCC(=O)NCCc1ccccc1. The second kappa shape index (κ2) is 10.1. The maximum atomic E-state index is 12.0. The molecule has 0 saturated heterocycles. The summed E-state index contributed by atoms with van der Waals surface area (Å²) in [4.78, 5) is 12.0. The lowest BCUT2D eigenvalue weighted by Crippen LogP contribution is -2.27. The van der Waals surface area contributed by atoms with Crippen LogP contribution in [-0.4, -0.2) is 33.0 Å². The van der Waals surface area contributed by atoms with E-state index in [1.54, 1.807) is 12.1 Å². The van der Waals surface area contributed by atoms with Crippen molar-refractivity contribution in [2.75, 3.05) is 12.3 Å². The van der Waals surface area contributed by atoms with Gasteiger partial charge in [-0.15, -0.1) is 10.2 Å². The summed E-state index contributed by atoms with van der Waals surface area (Å²) >= 11 is 7.43. The standard InChI is InChI=1S/C20H21ClN4O2S/c1-25-18(13-27-17-10-6-5-9-16(17)21)23-24-20(25)28-14-19(26)22-12-11-15-7-3-2-4-8-15/h2-10H,11-14H2,1H3,(H,22,26). The summed E-state index contributed by atoms with van der Waals surface area (Å²) in [6, 6.07) is 17.3. The van der Waals surface area contributed by atoms with Gasteiger partial charge in [-0.05, 0) is 24.1 Å². The van der Waals surface area contributed by atoms with E-state index in [1.807, 2.05) is 54.1 Å². The zero-order valence-electron chi connectivity index (χ0n) is 15.5. The zero-order valence-corrected chi connectivity index (χ0v) is 17.0. The van der Waals surface area contributed by atoms with Crippen molar-refractivity contribution < 1.29 is 9.53 Å². The normalized spacial score (nSPS) is 10.6.